The van der Waals surface area contributed by atoms with Crippen molar-refractivity contribution in [1.82, 2.24) is 0 Å². The van der Waals surface area contributed by atoms with E-state index in [0.29, 0.717) is 46.1 Å². The molecule has 0 fully saturated rings. The largest absolute Gasteiger partial charge is 0.463 e. The van der Waals surface area contributed by atoms with E-state index in [0.717, 1.165) is 38.5 Å². The summed E-state index contributed by atoms with van der Waals surface area (Å²) in [6, 6.07) is 0. The molecule has 41 heavy (non-hydrogen) atoms. The topological polar surface area (TPSA) is 80.3 Å². The number of carbonyl (C=O) groups excluding carboxylic acids is 2. The SMILES string of the molecule is CCCCCCCCCCCCCCCCCC(=O)OCCOCCOCCOCCOC(=O)C(CC)CCCC. The maximum atomic E-state index is 12.0. The van der Waals surface area contributed by atoms with Crippen molar-refractivity contribution < 1.29 is 33.3 Å². The van der Waals surface area contributed by atoms with E-state index >= 15 is 0 Å². The van der Waals surface area contributed by atoms with Crippen LogP contribution in [0.15, 0.2) is 0 Å². The van der Waals surface area contributed by atoms with Gasteiger partial charge in [0, 0.05) is 6.42 Å². The Balaban J connectivity index is 3.28. The monoisotopic (exact) mass is 586 g/mol. The summed E-state index contributed by atoms with van der Waals surface area (Å²) in [5, 5.41) is 0. The van der Waals surface area contributed by atoms with E-state index in [1.54, 1.807) is 0 Å². The molecule has 0 saturated heterocycles. The van der Waals surface area contributed by atoms with Gasteiger partial charge in [-0.05, 0) is 19.3 Å². The minimum Gasteiger partial charge on any atom is -0.463 e. The summed E-state index contributed by atoms with van der Waals surface area (Å²) in [6.45, 7) is 9.56. The Morgan fingerprint density at radius 3 is 1.29 bits per heavy atom. The van der Waals surface area contributed by atoms with Gasteiger partial charge in [0.25, 0.3) is 0 Å². The number of rotatable bonds is 33. The van der Waals surface area contributed by atoms with E-state index in [2.05, 4.69) is 13.8 Å². The van der Waals surface area contributed by atoms with Crippen molar-refractivity contribution in [2.75, 3.05) is 52.9 Å². The molecule has 7 nitrogen and oxygen atoms in total. The molecule has 0 aliphatic carbocycles. The predicted molar refractivity (Wildman–Crippen MR) is 167 cm³/mol. The van der Waals surface area contributed by atoms with Gasteiger partial charge in [-0.2, -0.15) is 0 Å². The Kier molecular flexibility index (Phi) is 32.4. The number of esters is 2. The second kappa shape index (κ2) is 33.3. The fraction of sp³-hybridized carbons (Fsp3) is 0.941. The molecule has 0 amide bonds. The number of carbonyl (C=O) groups is 2. The molecule has 0 radical (unpaired) electrons. The number of ether oxygens (including phenoxy) is 5. The molecule has 1 unspecified atom stereocenters. The van der Waals surface area contributed by atoms with Crippen molar-refractivity contribution in [1.29, 1.82) is 0 Å². The highest BCUT2D eigenvalue weighted by atomic mass is 16.6. The van der Waals surface area contributed by atoms with Crippen molar-refractivity contribution >= 4 is 11.9 Å². The van der Waals surface area contributed by atoms with Crippen LogP contribution in [0.3, 0.4) is 0 Å². The van der Waals surface area contributed by atoms with Crippen LogP contribution in [0.25, 0.3) is 0 Å². The van der Waals surface area contributed by atoms with E-state index in [9.17, 15) is 9.59 Å². The molecule has 0 aromatic carbocycles. The predicted octanol–water partition coefficient (Wildman–Crippen LogP) is 8.60. The fourth-order valence-corrected chi connectivity index (χ4v) is 4.73. The minimum absolute atomic E-state index is 0.000549. The Morgan fingerprint density at radius 2 is 0.854 bits per heavy atom. The molecule has 0 rings (SSSR count). The van der Waals surface area contributed by atoms with Crippen LogP contribution in [0.2, 0.25) is 0 Å². The smallest absolute Gasteiger partial charge is 0.308 e. The van der Waals surface area contributed by atoms with Crippen LogP contribution in [0, 0.1) is 5.92 Å². The molecule has 0 bridgehead atoms. The summed E-state index contributed by atoms with van der Waals surface area (Å²) in [5.41, 5.74) is 0. The van der Waals surface area contributed by atoms with Crippen molar-refractivity contribution in [2.45, 2.75) is 149 Å². The number of hydrogen-bond donors (Lipinski definition) is 0. The Morgan fingerprint density at radius 1 is 0.463 bits per heavy atom. The summed E-state index contributed by atoms with van der Waals surface area (Å²) >= 11 is 0. The first-order chi connectivity index (χ1) is 20.2. The zero-order valence-corrected chi connectivity index (χ0v) is 27.2. The molecule has 7 heteroatoms. The number of hydrogen-bond acceptors (Lipinski definition) is 7. The summed E-state index contributed by atoms with van der Waals surface area (Å²) in [7, 11) is 0. The average Bonchev–Trinajstić information content (AvgIpc) is 2.97. The van der Waals surface area contributed by atoms with Gasteiger partial charge in [-0.1, -0.05) is 124 Å². The van der Waals surface area contributed by atoms with Gasteiger partial charge in [-0.3, -0.25) is 9.59 Å². The third kappa shape index (κ3) is 30.1. The first-order valence-corrected chi connectivity index (χ1v) is 17.2. The highest BCUT2D eigenvalue weighted by Crippen LogP contribution is 2.15. The quantitative estimate of drug-likeness (QED) is 0.0562. The van der Waals surface area contributed by atoms with Crippen LogP contribution in [0.4, 0.5) is 0 Å². The lowest BCUT2D eigenvalue weighted by Crippen LogP contribution is -2.20. The van der Waals surface area contributed by atoms with Gasteiger partial charge < -0.3 is 23.7 Å². The van der Waals surface area contributed by atoms with Gasteiger partial charge >= 0.3 is 11.9 Å². The van der Waals surface area contributed by atoms with Crippen LogP contribution >= 0.6 is 0 Å². The van der Waals surface area contributed by atoms with Crippen LogP contribution in [0.1, 0.15) is 149 Å². The maximum absolute atomic E-state index is 12.0. The zero-order valence-electron chi connectivity index (χ0n) is 27.2. The molecular formula is C34H66O7. The van der Waals surface area contributed by atoms with Gasteiger partial charge in [0.05, 0.1) is 45.6 Å². The average molecular weight is 587 g/mol. The van der Waals surface area contributed by atoms with Crippen molar-refractivity contribution in [3.63, 3.8) is 0 Å². The molecule has 244 valence electrons. The summed E-state index contributed by atoms with van der Waals surface area (Å²) in [4.78, 5) is 23.8. The normalized spacial score (nSPS) is 12.0. The third-order valence-corrected chi connectivity index (χ3v) is 7.42. The number of unbranched alkanes of at least 4 members (excludes halogenated alkanes) is 15. The van der Waals surface area contributed by atoms with Gasteiger partial charge in [-0.15, -0.1) is 0 Å². The molecule has 1 atom stereocenters. The van der Waals surface area contributed by atoms with E-state index in [1.807, 2.05) is 6.92 Å². The van der Waals surface area contributed by atoms with Gasteiger partial charge in [0.2, 0.25) is 0 Å². The molecule has 0 aromatic rings. The first kappa shape index (κ1) is 39.8. The van der Waals surface area contributed by atoms with E-state index in [1.165, 1.54) is 83.5 Å². The second-order valence-electron chi connectivity index (χ2n) is 11.2. The molecule has 0 N–H and O–H groups in total. The molecule has 0 aromatic heterocycles. The van der Waals surface area contributed by atoms with Gasteiger partial charge in [0.1, 0.15) is 13.2 Å². The third-order valence-electron chi connectivity index (χ3n) is 7.42. The Labute approximate surface area is 253 Å². The minimum atomic E-state index is -0.131. The van der Waals surface area contributed by atoms with Gasteiger partial charge in [-0.25, -0.2) is 0 Å². The molecular weight excluding hydrogens is 520 g/mol. The van der Waals surface area contributed by atoms with Crippen molar-refractivity contribution in [3.05, 3.63) is 0 Å². The standard InChI is InChI=1S/C34H66O7/c1-4-7-9-10-11-12-13-14-15-16-17-18-19-20-21-23-33(35)40-30-28-38-26-24-37-25-27-39-29-31-41-34(36)32(6-3)22-8-5-2/h32H,4-31H2,1-3H3. The summed E-state index contributed by atoms with van der Waals surface area (Å²) in [6.07, 6.45) is 24.1. The highest BCUT2D eigenvalue weighted by Gasteiger charge is 2.16. The van der Waals surface area contributed by atoms with Crippen LogP contribution < -0.4 is 0 Å². The molecule has 0 spiro atoms. The van der Waals surface area contributed by atoms with E-state index < -0.39 is 0 Å². The van der Waals surface area contributed by atoms with Crippen molar-refractivity contribution in [3.8, 4) is 0 Å². The van der Waals surface area contributed by atoms with E-state index in [-0.39, 0.29) is 31.1 Å². The molecule has 0 saturated carbocycles. The summed E-state index contributed by atoms with van der Waals surface area (Å²) < 4.78 is 26.9. The lowest BCUT2D eigenvalue weighted by molar-refractivity contribution is -0.150. The molecule has 0 aliphatic heterocycles. The lowest BCUT2D eigenvalue weighted by atomic mass is 10.00. The maximum Gasteiger partial charge on any atom is 0.308 e. The lowest BCUT2D eigenvalue weighted by Gasteiger charge is -2.13. The summed E-state index contributed by atoms with van der Waals surface area (Å²) in [5.74, 6) is -0.247. The zero-order chi connectivity index (χ0) is 30.1. The first-order valence-electron chi connectivity index (χ1n) is 17.2. The molecule has 0 heterocycles. The molecule has 0 aliphatic rings. The van der Waals surface area contributed by atoms with Crippen molar-refractivity contribution in [2.24, 2.45) is 5.92 Å². The van der Waals surface area contributed by atoms with Crippen LogP contribution in [0.5, 0.6) is 0 Å². The highest BCUT2D eigenvalue weighted by molar-refractivity contribution is 5.72. The second-order valence-corrected chi connectivity index (χ2v) is 11.2. The van der Waals surface area contributed by atoms with Crippen LogP contribution in [-0.2, 0) is 33.3 Å². The van der Waals surface area contributed by atoms with Crippen LogP contribution in [-0.4, -0.2) is 64.8 Å². The van der Waals surface area contributed by atoms with E-state index in [4.69, 9.17) is 23.7 Å². The fourth-order valence-electron chi connectivity index (χ4n) is 4.73. The Bertz CT molecular complexity index is 555. The Hall–Kier alpha value is -1.18. The van der Waals surface area contributed by atoms with Gasteiger partial charge in [0.15, 0.2) is 0 Å².